The van der Waals surface area contributed by atoms with Gasteiger partial charge in [-0.2, -0.15) is 0 Å². The number of piperidine rings is 1. The molecule has 2 aromatic carbocycles. The number of nitrogens with zero attached hydrogens (tertiary/aromatic N) is 3. The third-order valence-corrected chi connectivity index (χ3v) is 5.85. The SMILES string of the molecule is Br.CCOc1ccc(C(=O)Cn2c(=N)n(CCN3CCCCC3)c3ccccc32)cc1. The van der Waals surface area contributed by atoms with E-state index in [9.17, 15) is 4.79 Å². The van der Waals surface area contributed by atoms with Crippen molar-refractivity contribution in [2.24, 2.45) is 0 Å². The van der Waals surface area contributed by atoms with Gasteiger partial charge in [0.2, 0.25) is 5.62 Å². The predicted molar refractivity (Wildman–Crippen MR) is 128 cm³/mol. The van der Waals surface area contributed by atoms with E-state index in [1.807, 2.05) is 52.5 Å². The van der Waals surface area contributed by atoms with Crippen LogP contribution in [0.4, 0.5) is 0 Å². The Balaban J connectivity index is 0.00000272. The fourth-order valence-corrected chi connectivity index (χ4v) is 4.24. The highest BCUT2D eigenvalue weighted by Gasteiger charge is 2.16. The average Bonchev–Trinajstić information content (AvgIpc) is 3.04. The Morgan fingerprint density at radius 2 is 1.58 bits per heavy atom. The second kappa shape index (κ2) is 10.8. The summed E-state index contributed by atoms with van der Waals surface area (Å²) < 4.78 is 9.32. The number of halogens is 1. The molecule has 0 unspecified atom stereocenters. The molecule has 7 heteroatoms. The minimum absolute atomic E-state index is 0. The van der Waals surface area contributed by atoms with E-state index in [-0.39, 0.29) is 29.3 Å². The smallest absolute Gasteiger partial charge is 0.203 e. The van der Waals surface area contributed by atoms with Crippen LogP contribution in [0.25, 0.3) is 11.0 Å². The maximum absolute atomic E-state index is 12.9. The van der Waals surface area contributed by atoms with Gasteiger partial charge in [0.25, 0.3) is 0 Å². The van der Waals surface area contributed by atoms with E-state index in [1.165, 1.54) is 19.3 Å². The van der Waals surface area contributed by atoms with Crippen molar-refractivity contribution in [1.29, 1.82) is 5.41 Å². The summed E-state index contributed by atoms with van der Waals surface area (Å²) in [6, 6.07) is 15.2. The second-order valence-electron chi connectivity index (χ2n) is 7.83. The Hall–Kier alpha value is -2.38. The maximum Gasteiger partial charge on any atom is 0.203 e. The molecule has 3 aromatic rings. The fraction of sp³-hybridized carbons (Fsp3) is 0.417. The molecule has 6 nitrogen and oxygen atoms in total. The number of para-hydroxylation sites is 2. The lowest BCUT2D eigenvalue weighted by Crippen LogP contribution is -2.35. The quantitative estimate of drug-likeness (QED) is 0.483. The van der Waals surface area contributed by atoms with Gasteiger partial charge in [-0.25, -0.2) is 0 Å². The molecule has 0 aliphatic carbocycles. The fourth-order valence-electron chi connectivity index (χ4n) is 4.24. The van der Waals surface area contributed by atoms with E-state index in [0.717, 1.165) is 43.0 Å². The van der Waals surface area contributed by atoms with Crippen molar-refractivity contribution in [1.82, 2.24) is 14.0 Å². The van der Waals surface area contributed by atoms with Crippen molar-refractivity contribution in [2.75, 3.05) is 26.2 Å². The molecule has 0 radical (unpaired) electrons. The van der Waals surface area contributed by atoms with E-state index >= 15 is 0 Å². The number of hydrogen-bond acceptors (Lipinski definition) is 4. The van der Waals surface area contributed by atoms with Gasteiger partial charge in [0, 0.05) is 18.7 Å². The molecular weight excluding hydrogens is 456 g/mol. The molecule has 1 aromatic heterocycles. The Labute approximate surface area is 193 Å². The summed E-state index contributed by atoms with van der Waals surface area (Å²) in [6.07, 6.45) is 3.84. The summed E-state index contributed by atoms with van der Waals surface area (Å²) >= 11 is 0. The van der Waals surface area contributed by atoms with Gasteiger partial charge in [0.15, 0.2) is 5.78 Å². The molecule has 0 amide bonds. The molecule has 1 N–H and O–H groups in total. The number of Topliss-reactive ketones (excluding diaryl/α,β-unsaturated/α-hetero) is 1. The van der Waals surface area contributed by atoms with Gasteiger partial charge in [0.05, 0.1) is 24.2 Å². The number of ketones is 1. The summed E-state index contributed by atoms with van der Waals surface area (Å²) in [5, 5.41) is 8.77. The van der Waals surface area contributed by atoms with E-state index in [2.05, 4.69) is 4.90 Å². The first-order chi connectivity index (χ1) is 14.7. The molecule has 0 atom stereocenters. The minimum atomic E-state index is -0.00418. The number of hydrogen-bond donors (Lipinski definition) is 1. The molecule has 31 heavy (non-hydrogen) atoms. The molecule has 1 aliphatic heterocycles. The molecule has 1 saturated heterocycles. The number of rotatable bonds is 8. The van der Waals surface area contributed by atoms with Crippen molar-refractivity contribution in [2.45, 2.75) is 39.3 Å². The van der Waals surface area contributed by atoms with Crippen LogP contribution in [0.15, 0.2) is 48.5 Å². The number of benzene rings is 2. The maximum atomic E-state index is 12.9. The van der Waals surface area contributed by atoms with E-state index < -0.39 is 0 Å². The summed E-state index contributed by atoms with van der Waals surface area (Å²) in [7, 11) is 0. The van der Waals surface area contributed by atoms with Gasteiger partial charge in [0.1, 0.15) is 5.75 Å². The van der Waals surface area contributed by atoms with Crippen LogP contribution in [0.1, 0.15) is 36.5 Å². The highest BCUT2D eigenvalue weighted by molar-refractivity contribution is 8.93. The number of ether oxygens (including phenoxy) is 1. The van der Waals surface area contributed by atoms with Crippen LogP contribution >= 0.6 is 17.0 Å². The zero-order valence-corrected chi connectivity index (χ0v) is 19.8. The van der Waals surface area contributed by atoms with Crippen molar-refractivity contribution < 1.29 is 9.53 Å². The van der Waals surface area contributed by atoms with Gasteiger partial charge in [-0.05, 0) is 69.3 Å². The molecule has 0 bridgehead atoms. The Kier molecular flexibility index (Phi) is 8.09. The molecule has 1 aliphatic rings. The van der Waals surface area contributed by atoms with Gasteiger partial charge in [-0.15, -0.1) is 17.0 Å². The van der Waals surface area contributed by atoms with Crippen LogP contribution in [0.3, 0.4) is 0 Å². The van der Waals surface area contributed by atoms with Crippen LogP contribution in [0, 0.1) is 5.41 Å². The molecule has 2 heterocycles. The number of fused-ring (bicyclic) bond motifs is 1. The Morgan fingerprint density at radius 3 is 2.23 bits per heavy atom. The minimum Gasteiger partial charge on any atom is -0.494 e. The third kappa shape index (κ3) is 5.28. The first kappa shape index (κ1) is 23.3. The van der Waals surface area contributed by atoms with Crippen molar-refractivity contribution >= 4 is 33.8 Å². The first-order valence-corrected chi connectivity index (χ1v) is 10.9. The van der Waals surface area contributed by atoms with Crippen molar-refractivity contribution in [3.63, 3.8) is 0 Å². The Bertz CT molecular complexity index is 1070. The summed E-state index contributed by atoms with van der Waals surface area (Å²) in [4.78, 5) is 15.4. The predicted octanol–water partition coefficient (Wildman–Crippen LogP) is 4.27. The van der Waals surface area contributed by atoms with Crippen molar-refractivity contribution in [3.05, 3.63) is 59.7 Å². The standard InChI is InChI=1S/C24H30N4O2.BrH/c1-2-30-20-12-10-19(11-13-20)23(29)18-28-22-9-5-4-8-21(22)27(24(28)25)17-16-26-14-6-3-7-15-26;/h4-5,8-13,25H,2-3,6-7,14-18H2,1H3;1H. The van der Waals surface area contributed by atoms with Crippen LogP contribution in [0.5, 0.6) is 5.75 Å². The van der Waals surface area contributed by atoms with E-state index in [1.54, 1.807) is 12.1 Å². The molecule has 0 saturated carbocycles. The molecule has 1 fully saturated rings. The number of carbonyl (C=O) groups excluding carboxylic acids is 1. The number of carbonyl (C=O) groups is 1. The lowest BCUT2D eigenvalue weighted by atomic mass is 10.1. The summed E-state index contributed by atoms with van der Waals surface area (Å²) in [6.45, 7) is 6.69. The largest absolute Gasteiger partial charge is 0.494 e. The van der Waals surface area contributed by atoms with Gasteiger partial charge in [-0.3, -0.25) is 10.2 Å². The Morgan fingerprint density at radius 1 is 0.935 bits per heavy atom. The lowest BCUT2D eigenvalue weighted by Gasteiger charge is -2.26. The molecule has 166 valence electrons. The molecule has 4 rings (SSSR count). The van der Waals surface area contributed by atoms with Crippen LogP contribution in [0.2, 0.25) is 0 Å². The number of nitrogens with one attached hydrogen (secondary N) is 1. The normalized spacial score (nSPS) is 14.4. The highest BCUT2D eigenvalue weighted by atomic mass is 79.9. The lowest BCUT2D eigenvalue weighted by molar-refractivity contribution is 0.0971. The zero-order valence-electron chi connectivity index (χ0n) is 18.0. The molecular formula is C24H31BrN4O2. The van der Waals surface area contributed by atoms with Crippen LogP contribution in [-0.4, -0.2) is 46.1 Å². The topological polar surface area (TPSA) is 63.2 Å². The van der Waals surface area contributed by atoms with E-state index in [0.29, 0.717) is 17.8 Å². The second-order valence-corrected chi connectivity index (χ2v) is 7.83. The zero-order chi connectivity index (χ0) is 20.9. The first-order valence-electron chi connectivity index (χ1n) is 10.9. The summed E-state index contributed by atoms with van der Waals surface area (Å²) in [5.41, 5.74) is 2.96. The third-order valence-electron chi connectivity index (χ3n) is 5.85. The summed E-state index contributed by atoms with van der Waals surface area (Å²) in [5.74, 6) is 0.757. The van der Waals surface area contributed by atoms with Gasteiger partial charge >= 0.3 is 0 Å². The number of aromatic nitrogens is 2. The monoisotopic (exact) mass is 486 g/mol. The number of imidazole rings is 1. The van der Waals surface area contributed by atoms with Crippen molar-refractivity contribution in [3.8, 4) is 5.75 Å². The van der Waals surface area contributed by atoms with Gasteiger partial charge in [-0.1, -0.05) is 18.6 Å². The highest BCUT2D eigenvalue weighted by Crippen LogP contribution is 2.16. The average molecular weight is 487 g/mol. The van der Waals surface area contributed by atoms with Gasteiger partial charge < -0.3 is 18.8 Å². The molecule has 0 spiro atoms. The van der Waals surface area contributed by atoms with Crippen LogP contribution in [-0.2, 0) is 13.1 Å². The number of likely N-dealkylation sites (tertiary alicyclic amines) is 1. The van der Waals surface area contributed by atoms with E-state index in [4.69, 9.17) is 10.1 Å². The van der Waals surface area contributed by atoms with Crippen LogP contribution < -0.4 is 10.4 Å².